The third-order valence-electron chi connectivity index (χ3n) is 3.01. The van der Waals surface area contributed by atoms with Crippen LogP contribution in [-0.2, 0) is 6.42 Å². The lowest BCUT2D eigenvalue weighted by atomic mass is 10.1. The quantitative estimate of drug-likeness (QED) is 0.771. The van der Waals surface area contributed by atoms with E-state index in [9.17, 15) is 0 Å². The van der Waals surface area contributed by atoms with Gasteiger partial charge in [-0.05, 0) is 18.6 Å². The summed E-state index contributed by atoms with van der Waals surface area (Å²) in [5.74, 6) is 1.96. The maximum Gasteiger partial charge on any atom is 0.121 e. The number of aromatic amines is 1. The van der Waals surface area contributed by atoms with Gasteiger partial charge in [-0.15, -0.1) is 0 Å². The van der Waals surface area contributed by atoms with Crippen molar-refractivity contribution in [2.45, 2.75) is 39.0 Å². The minimum atomic E-state index is 0.874. The summed E-state index contributed by atoms with van der Waals surface area (Å²) in [4.78, 5) is 7.93. The molecule has 0 saturated carbocycles. The van der Waals surface area contributed by atoms with Crippen LogP contribution in [0.2, 0.25) is 0 Å². The summed E-state index contributed by atoms with van der Waals surface area (Å²) in [5.41, 5.74) is 2.09. The number of aryl methyl sites for hydroxylation is 1. The monoisotopic (exact) mass is 232 g/mol. The highest BCUT2D eigenvalue weighted by Gasteiger charge is 2.03. The highest BCUT2D eigenvalue weighted by Crippen LogP contribution is 2.19. The van der Waals surface area contributed by atoms with Crippen LogP contribution in [0.15, 0.2) is 18.2 Å². The van der Waals surface area contributed by atoms with Crippen molar-refractivity contribution in [3.05, 3.63) is 24.0 Å². The first-order valence-electron chi connectivity index (χ1n) is 6.36. The molecule has 1 N–H and O–H groups in total. The fourth-order valence-electron chi connectivity index (χ4n) is 2.01. The van der Waals surface area contributed by atoms with Crippen molar-refractivity contribution >= 4 is 11.0 Å². The van der Waals surface area contributed by atoms with Crippen LogP contribution in [-0.4, -0.2) is 17.1 Å². The predicted molar refractivity (Wildman–Crippen MR) is 70.5 cm³/mol. The van der Waals surface area contributed by atoms with Crippen LogP contribution in [0, 0.1) is 0 Å². The molecule has 17 heavy (non-hydrogen) atoms. The summed E-state index contributed by atoms with van der Waals surface area (Å²) in [6, 6.07) is 5.95. The summed E-state index contributed by atoms with van der Waals surface area (Å²) in [6.45, 7) is 2.23. The van der Waals surface area contributed by atoms with Crippen LogP contribution < -0.4 is 4.74 Å². The van der Waals surface area contributed by atoms with E-state index in [0.29, 0.717) is 0 Å². The maximum absolute atomic E-state index is 5.20. The van der Waals surface area contributed by atoms with Crippen molar-refractivity contribution in [2.24, 2.45) is 0 Å². The van der Waals surface area contributed by atoms with Crippen molar-refractivity contribution in [2.75, 3.05) is 7.11 Å². The van der Waals surface area contributed by atoms with Gasteiger partial charge in [-0.3, -0.25) is 0 Å². The van der Waals surface area contributed by atoms with Gasteiger partial charge in [0.25, 0.3) is 0 Å². The molecular weight excluding hydrogens is 212 g/mol. The van der Waals surface area contributed by atoms with Gasteiger partial charge in [0.2, 0.25) is 0 Å². The number of rotatable bonds is 6. The van der Waals surface area contributed by atoms with Gasteiger partial charge in [0.1, 0.15) is 11.6 Å². The number of aromatic nitrogens is 2. The molecule has 2 rings (SSSR count). The summed E-state index contributed by atoms with van der Waals surface area (Å²) in [7, 11) is 1.68. The molecule has 0 aliphatic rings. The molecule has 0 saturated heterocycles. The SMILES string of the molecule is CCCCCCc1nc2ccc(OC)cc2[nH]1. The average molecular weight is 232 g/mol. The van der Waals surface area contributed by atoms with Crippen LogP contribution in [0.4, 0.5) is 0 Å². The summed E-state index contributed by atoms with van der Waals surface area (Å²) in [6.07, 6.45) is 6.13. The van der Waals surface area contributed by atoms with E-state index in [2.05, 4.69) is 16.9 Å². The number of hydrogen-bond acceptors (Lipinski definition) is 2. The molecule has 0 radical (unpaired) electrons. The highest BCUT2D eigenvalue weighted by atomic mass is 16.5. The van der Waals surface area contributed by atoms with E-state index in [0.717, 1.165) is 29.0 Å². The van der Waals surface area contributed by atoms with E-state index in [-0.39, 0.29) is 0 Å². The number of hydrogen-bond donors (Lipinski definition) is 1. The van der Waals surface area contributed by atoms with Crippen molar-refractivity contribution < 1.29 is 4.74 Å². The topological polar surface area (TPSA) is 37.9 Å². The molecule has 0 fully saturated rings. The average Bonchev–Trinajstić information content (AvgIpc) is 2.76. The lowest BCUT2D eigenvalue weighted by Crippen LogP contribution is -1.87. The molecule has 3 heteroatoms. The van der Waals surface area contributed by atoms with Crippen LogP contribution in [0.1, 0.15) is 38.4 Å². The Hall–Kier alpha value is -1.51. The van der Waals surface area contributed by atoms with E-state index >= 15 is 0 Å². The largest absolute Gasteiger partial charge is 0.497 e. The number of benzene rings is 1. The Morgan fingerprint density at radius 2 is 2.12 bits per heavy atom. The number of unbranched alkanes of at least 4 members (excludes halogenated alkanes) is 3. The van der Waals surface area contributed by atoms with Gasteiger partial charge in [-0.25, -0.2) is 4.98 Å². The Bertz CT molecular complexity index is 476. The van der Waals surface area contributed by atoms with E-state index in [1.165, 1.54) is 25.7 Å². The molecule has 1 aromatic carbocycles. The standard InChI is InChI=1S/C14H20N2O/c1-3-4-5-6-7-14-15-12-9-8-11(17-2)10-13(12)16-14/h8-10H,3-7H2,1-2H3,(H,15,16). The first-order chi connectivity index (χ1) is 8.33. The molecule has 0 atom stereocenters. The first kappa shape index (κ1) is 12.0. The Morgan fingerprint density at radius 3 is 2.88 bits per heavy atom. The molecule has 0 aliphatic heterocycles. The number of H-pyrrole nitrogens is 1. The van der Waals surface area contributed by atoms with Gasteiger partial charge in [0.15, 0.2) is 0 Å². The minimum Gasteiger partial charge on any atom is -0.497 e. The van der Waals surface area contributed by atoms with Gasteiger partial charge < -0.3 is 9.72 Å². The summed E-state index contributed by atoms with van der Waals surface area (Å²) >= 11 is 0. The molecule has 0 spiro atoms. The van der Waals surface area contributed by atoms with Gasteiger partial charge >= 0.3 is 0 Å². The number of nitrogens with one attached hydrogen (secondary N) is 1. The molecule has 3 nitrogen and oxygen atoms in total. The fraction of sp³-hybridized carbons (Fsp3) is 0.500. The first-order valence-corrected chi connectivity index (χ1v) is 6.36. The molecule has 0 amide bonds. The number of methoxy groups -OCH3 is 1. The van der Waals surface area contributed by atoms with Crippen molar-refractivity contribution in [3.63, 3.8) is 0 Å². The molecule has 92 valence electrons. The second-order valence-electron chi connectivity index (χ2n) is 4.38. The molecule has 0 unspecified atom stereocenters. The lowest BCUT2D eigenvalue weighted by molar-refractivity contribution is 0.415. The number of imidazole rings is 1. The van der Waals surface area contributed by atoms with E-state index in [1.54, 1.807) is 7.11 Å². The molecule has 0 aliphatic carbocycles. The second kappa shape index (κ2) is 5.71. The van der Waals surface area contributed by atoms with Crippen LogP contribution >= 0.6 is 0 Å². The number of nitrogens with zero attached hydrogens (tertiary/aromatic N) is 1. The Labute approximate surface area is 102 Å². The van der Waals surface area contributed by atoms with Crippen LogP contribution in [0.3, 0.4) is 0 Å². The summed E-state index contributed by atoms with van der Waals surface area (Å²) in [5, 5.41) is 0. The number of fused-ring (bicyclic) bond motifs is 1. The van der Waals surface area contributed by atoms with Crippen LogP contribution in [0.25, 0.3) is 11.0 Å². The van der Waals surface area contributed by atoms with Crippen molar-refractivity contribution in [1.82, 2.24) is 9.97 Å². The van der Waals surface area contributed by atoms with E-state index < -0.39 is 0 Å². The second-order valence-corrected chi connectivity index (χ2v) is 4.38. The molecular formula is C14H20N2O. The third-order valence-corrected chi connectivity index (χ3v) is 3.01. The third kappa shape index (κ3) is 2.99. The molecule has 1 aromatic heterocycles. The van der Waals surface area contributed by atoms with Crippen molar-refractivity contribution in [3.8, 4) is 5.75 Å². The zero-order valence-electron chi connectivity index (χ0n) is 10.6. The minimum absolute atomic E-state index is 0.874. The van der Waals surface area contributed by atoms with Gasteiger partial charge in [0.05, 0.1) is 18.1 Å². The van der Waals surface area contributed by atoms with E-state index in [4.69, 9.17) is 4.74 Å². The smallest absolute Gasteiger partial charge is 0.121 e. The van der Waals surface area contributed by atoms with Gasteiger partial charge in [0, 0.05) is 12.5 Å². The normalized spacial score (nSPS) is 10.9. The molecule has 0 bridgehead atoms. The predicted octanol–water partition coefficient (Wildman–Crippen LogP) is 3.69. The zero-order valence-corrected chi connectivity index (χ0v) is 10.6. The molecule has 1 heterocycles. The fourth-order valence-corrected chi connectivity index (χ4v) is 2.01. The highest BCUT2D eigenvalue weighted by molar-refractivity contribution is 5.76. The molecule has 2 aromatic rings. The van der Waals surface area contributed by atoms with Crippen molar-refractivity contribution in [1.29, 1.82) is 0 Å². The Morgan fingerprint density at radius 1 is 1.24 bits per heavy atom. The Balaban J connectivity index is 2.04. The van der Waals surface area contributed by atoms with Gasteiger partial charge in [-0.2, -0.15) is 0 Å². The summed E-state index contributed by atoms with van der Waals surface area (Å²) < 4.78 is 5.20. The van der Waals surface area contributed by atoms with Gasteiger partial charge in [-0.1, -0.05) is 26.2 Å². The zero-order chi connectivity index (χ0) is 12.1. The lowest BCUT2D eigenvalue weighted by Gasteiger charge is -1.97. The van der Waals surface area contributed by atoms with E-state index in [1.807, 2.05) is 18.2 Å². The Kier molecular flexibility index (Phi) is 4.02. The number of ether oxygens (including phenoxy) is 1. The van der Waals surface area contributed by atoms with Crippen LogP contribution in [0.5, 0.6) is 5.75 Å². The maximum atomic E-state index is 5.20.